The first kappa shape index (κ1) is 24.1. The third-order valence-corrected chi connectivity index (χ3v) is 6.10. The number of para-hydroxylation sites is 1. The Bertz CT molecular complexity index is 1360. The van der Waals surface area contributed by atoms with Crippen molar-refractivity contribution in [1.29, 1.82) is 0 Å². The summed E-state index contributed by atoms with van der Waals surface area (Å²) in [6.07, 6.45) is 0.686. The van der Waals surface area contributed by atoms with Crippen molar-refractivity contribution in [2.75, 3.05) is 18.7 Å². The lowest BCUT2D eigenvalue weighted by molar-refractivity contribution is -0.132. The number of nitrogens with zero attached hydrogens (tertiary/aromatic N) is 2. The van der Waals surface area contributed by atoms with Crippen molar-refractivity contribution < 1.29 is 23.9 Å². The average Bonchev–Trinajstić information content (AvgIpc) is 3.61. The summed E-state index contributed by atoms with van der Waals surface area (Å²) >= 11 is 0. The molecule has 37 heavy (non-hydrogen) atoms. The van der Waals surface area contributed by atoms with Crippen molar-refractivity contribution in [2.24, 2.45) is 5.10 Å². The Balaban J connectivity index is 1.14. The van der Waals surface area contributed by atoms with Crippen LogP contribution in [-0.2, 0) is 16.1 Å². The molecular weight excluding hydrogens is 472 g/mol. The van der Waals surface area contributed by atoms with Crippen LogP contribution in [0.4, 0.5) is 5.69 Å². The highest BCUT2D eigenvalue weighted by atomic mass is 16.7. The van der Waals surface area contributed by atoms with Crippen LogP contribution >= 0.6 is 0 Å². The summed E-state index contributed by atoms with van der Waals surface area (Å²) < 4.78 is 10.7. The Morgan fingerprint density at radius 2 is 1.68 bits per heavy atom. The molecular formula is C28H26N4O5. The number of carbonyl (C=O) groups excluding carboxylic acids is 3. The van der Waals surface area contributed by atoms with Crippen LogP contribution in [0.15, 0.2) is 77.9 Å². The SMILES string of the molecule is O=C(CCC(=O)N1CCC(c2ccccc2)=N1)Nc1ccccc1C(=O)NCc1ccc2c(c1)OCO2. The van der Waals surface area contributed by atoms with Gasteiger partial charge in [0.2, 0.25) is 18.6 Å². The van der Waals surface area contributed by atoms with Crippen LogP contribution in [-0.4, -0.2) is 41.8 Å². The monoisotopic (exact) mass is 498 g/mol. The van der Waals surface area contributed by atoms with Gasteiger partial charge in [0.05, 0.1) is 23.5 Å². The number of amides is 3. The van der Waals surface area contributed by atoms with Crippen LogP contribution in [0.1, 0.15) is 40.7 Å². The molecule has 0 fully saturated rings. The maximum atomic E-state index is 12.8. The largest absolute Gasteiger partial charge is 0.454 e. The van der Waals surface area contributed by atoms with E-state index in [1.165, 1.54) is 5.01 Å². The molecule has 0 bridgehead atoms. The van der Waals surface area contributed by atoms with Crippen molar-refractivity contribution in [3.63, 3.8) is 0 Å². The van der Waals surface area contributed by atoms with Crippen LogP contribution in [0.2, 0.25) is 0 Å². The maximum Gasteiger partial charge on any atom is 0.253 e. The van der Waals surface area contributed by atoms with Crippen molar-refractivity contribution >= 4 is 29.1 Å². The number of nitrogens with one attached hydrogen (secondary N) is 2. The Hall–Kier alpha value is -4.66. The fourth-order valence-corrected chi connectivity index (χ4v) is 4.15. The standard InChI is InChI=1S/C28H26N4O5/c33-26(12-13-27(34)32-15-14-22(31-32)20-6-2-1-3-7-20)30-23-9-5-4-8-21(23)28(35)29-17-19-10-11-24-25(16-19)37-18-36-24/h1-11,16H,12-15,17-18H2,(H,29,35)(H,30,33). The first-order valence-corrected chi connectivity index (χ1v) is 12.1. The lowest BCUT2D eigenvalue weighted by Gasteiger charge is -2.13. The summed E-state index contributed by atoms with van der Waals surface area (Å²) in [4.78, 5) is 38.1. The molecule has 0 saturated heterocycles. The van der Waals surface area contributed by atoms with Crippen LogP contribution in [0.3, 0.4) is 0 Å². The summed E-state index contributed by atoms with van der Waals surface area (Å²) in [6.45, 7) is 0.967. The van der Waals surface area contributed by atoms with E-state index >= 15 is 0 Å². The first-order chi connectivity index (χ1) is 18.1. The molecule has 9 nitrogen and oxygen atoms in total. The second-order valence-corrected chi connectivity index (χ2v) is 8.64. The zero-order valence-corrected chi connectivity index (χ0v) is 20.1. The quantitative estimate of drug-likeness (QED) is 0.492. The predicted molar refractivity (Wildman–Crippen MR) is 137 cm³/mol. The second kappa shape index (κ2) is 10.9. The van der Waals surface area contributed by atoms with E-state index in [4.69, 9.17) is 9.47 Å². The Morgan fingerprint density at radius 1 is 0.892 bits per heavy atom. The van der Waals surface area contributed by atoms with Crippen molar-refractivity contribution in [3.8, 4) is 11.5 Å². The number of ether oxygens (including phenoxy) is 2. The highest BCUT2D eigenvalue weighted by Crippen LogP contribution is 2.32. The molecule has 3 aromatic carbocycles. The summed E-state index contributed by atoms with van der Waals surface area (Å²) in [5, 5.41) is 11.5. The van der Waals surface area contributed by atoms with Gasteiger partial charge in [-0.2, -0.15) is 5.10 Å². The zero-order chi connectivity index (χ0) is 25.6. The van der Waals surface area contributed by atoms with E-state index in [0.717, 1.165) is 16.8 Å². The summed E-state index contributed by atoms with van der Waals surface area (Å²) in [7, 11) is 0. The second-order valence-electron chi connectivity index (χ2n) is 8.64. The fourth-order valence-electron chi connectivity index (χ4n) is 4.15. The third-order valence-electron chi connectivity index (χ3n) is 6.10. The smallest absolute Gasteiger partial charge is 0.253 e. The number of rotatable bonds is 8. The van der Waals surface area contributed by atoms with Gasteiger partial charge in [0.15, 0.2) is 11.5 Å². The van der Waals surface area contributed by atoms with E-state index in [2.05, 4.69) is 15.7 Å². The topological polar surface area (TPSA) is 109 Å². The van der Waals surface area contributed by atoms with Crippen molar-refractivity contribution in [1.82, 2.24) is 10.3 Å². The molecule has 2 aliphatic heterocycles. The number of benzene rings is 3. The van der Waals surface area contributed by atoms with Crippen LogP contribution < -0.4 is 20.1 Å². The van der Waals surface area contributed by atoms with Crippen LogP contribution in [0, 0.1) is 0 Å². The summed E-state index contributed by atoms with van der Waals surface area (Å²) in [5.41, 5.74) is 3.42. The van der Waals surface area contributed by atoms with E-state index in [0.29, 0.717) is 35.7 Å². The van der Waals surface area contributed by atoms with Crippen LogP contribution in [0.25, 0.3) is 0 Å². The van der Waals surface area contributed by atoms with Gasteiger partial charge in [0, 0.05) is 25.8 Å². The van der Waals surface area contributed by atoms with Gasteiger partial charge in [0.25, 0.3) is 5.91 Å². The molecule has 3 aromatic rings. The average molecular weight is 499 g/mol. The zero-order valence-electron chi connectivity index (χ0n) is 20.1. The number of carbonyl (C=O) groups is 3. The molecule has 0 unspecified atom stereocenters. The molecule has 3 amide bonds. The normalized spacial score (nSPS) is 13.7. The molecule has 5 rings (SSSR count). The Labute approximate surface area is 214 Å². The third kappa shape index (κ3) is 5.78. The minimum absolute atomic E-state index is 0.0152. The van der Waals surface area contributed by atoms with Gasteiger partial charge in [-0.05, 0) is 35.4 Å². The number of hydrogen-bond acceptors (Lipinski definition) is 6. The summed E-state index contributed by atoms with van der Waals surface area (Å²) in [6, 6.07) is 22.0. The minimum atomic E-state index is -0.351. The lowest BCUT2D eigenvalue weighted by atomic mass is 10.1. The van der Waals surface area contributed by atoms with Crippen LogP contribution in [0.5, 0.6) is 11.5 Å². The van der Waals surface area contributed by atoms with E-state index in [9.17, 15) is 14.4 Å². The molecule has 0 aliphatic carbocycles. The lowest BCUT2D eigenvalue weighted by Crippen LogP contribution is -2.26. The van der Waals surface area contributed by atoms with Gasteiger partial charge in [-0.1, -0.05) is 48.5 Å². The van der Waals surface area contributed by atoms with E-state index in [1.54, 1.807) is 30.3 Å². The first-order valence-electron chi connectivity index (χ1n) is 12.1. The molecule has 9 heteroatoms. The van der Waals surface area contributed by atoms with Crippen molar-refractivity contribution in [2.45, 2.75) is 25.8 Å². The molecule has 2 heterocycles. The molecule has 0 spiro atoms. The molecule has 188 valence electrons. The molecule has 0 atom stereocenters. The van der Waals surface area contributed by atoms with E-state index < -0.39 is 0 Å². The van der Waals surface area contributed by atoms with E-state index in [1.807, 2.05) is 42.5 Å². The molecule has 2 N–H and O–H groups in total. The fraction of sp³-hybridized carbons (Fsp3) is 0.214. The van der Waals surface area contributed by atoms with Gasteiger partial charge >= 0.3 is 0 Å². The number of anilines is 1. The highest BCUT2D eigenvalue weighted by molar-refractivity contribution is 6.05. The van der Waals surface area contributed by atoms with Gasteiger partial charge < -0.3 is 20.1 Å². The Kier molecular flexibility index (Phi) is 7.12. The molecule has 0 radical (unpaired) electrons. The van der Waals surface area contributed by atoms with Gasteiger partial charge in [0.1, 0.15) is 0 Å². The van der Waals surface area contributed by atoms with Gasteiger partial charge in [-0.15, -0.1) is 0 Å². The van der Waals surface area contributed by atoms with Gasteiger partial charge in [-0.3, -0.25) is 14.4 Å². The number of hydrogen-bond donors (Lipinski definition) is 2. The van der Waals surface area contributed by atoms with Crippen molar-refractivity contribution in [3.05, 3.63) is 89.5 Å². The minimum Gasteiger partial charge on any atom is -0.454 e. The maximum absolute atomic E-state index is 12.8. The highest BCUT2D eigenvalue weighted by Gasteiger charge is 2.22. The van der Waals surface area contributed by atoms with Gasteiger partial charge in [-0.25, -0.2) is 5.01 Å². The summed E-state index contributed by atoms with van der Waals surface area (Å²) in [5.74, 6) is 0.427. The predicted octanol–water partition coefficient (Wildman–Crippen LogP) is 3.70. The van der Waals surface area contributed by atoms with E-state index in [-0.39, 0.29) is 43.9 Å². The Morgan fingerprint density at radius 3 is 2.54 bits per heavy atom. The molecule has 0 saturated carbocycles. The number of hydrazone groups is 1. The molecule has 0 aromatic heterocycles. The number of fused-ring (bicyclic) bond motifs is 1. The molecule has 2 aliphatic rings.